The molecule has 0 saturated heterocycles. The highest BCUT2D eigenvalue weighted by atomic mass is 32.2. The fourth-order valence-electron chi connectivity index (χ4n) is 2.81. The van der Waals surface area contributed by atoms with E-state index in [1.807, 2.05) is 41.0 Å². The highest BCUT2D eigenvalue weighted by molar-refractivity contribution is 7.98. The van der Waals surface area contributed by atoms with Crippen LogP contribution in [-0.4, -0.2) is 50.7 Å². The average molecular weight is 424 g/mol. The molecule has 10 heteroatoms. The number of rotatable bonds is 9. The number of benzene rings is 1. The van der Waals surface area contributed by atoms with Crippen LogP contribution in [0.2, 0.25) is 0 Å². The number of pyridine rings is 1. The van der Waals surface area contributed by atoms with Crippen LogP contribution in [0.25, 0.3) is 22.8 Å². The van der Waals surface area contributed by atoms with Crippen LogP contribution in [0.3, 0.4) is 0 Å². The molecule has 0 amide bonds. The zero-order valence-electron chi connectivity index (χ0n) is 16.6. The molecule has 0 radical (unpaired) electrons. The fraction of sp³-hybridized carbons (Fsp3) is 0.250. The third-order valence-corrected chi connectivity index (χ3v) is 5.25. The lowest BCUT2D eigenvalue weighted by molar-refractivity contribution is 0.185. The first-order valence-electron chi connectivity index (χ1n) is 9.21. The molecule has 0 fully saturated rings. The monoisotopic (exact) mass is 424 g/mol. The van der Waals surface area contributed by atoms with Crippen molar-refractivity contribution in [2.45, 2.75) is 17.5 Å². The predicted molar refractivity (Wildman–Crippen MR) is 111 cm³/mol. The molecule has 3 heterocycles. The largest absolute Gasteiger partial charge is 0.497 e. The topological polar surface area (TPSA) is 101 Å². The second kappa shape index (κ2) is 9.51. The van der Waals surface area contributed by atoms with Gasteiger partial charge in [-0.05, 0) is 24.3 Å². The lowest BCUT2D eigenvalue weighted by Gasteiger charge is -2.08. The second-order valence-electron chi connectivity index (χ2n) is 6.22. The van der Waals surface area contributed by atoms with Gasteiger partial charge in [0.15, 0.2) is 11.0 Å². The van der Waals surface area contributed by atoms with Crippen LogP contribution in [0, 0.1) is 0 Å². The molecule has 0 aliphatic carbocycles. The Morgan fingerprint density at radius 3 is 2.73 bits per heavy atom. The smallest absolute Gasteiger partial charge is 0.237 e. The van der Waals surface area contributed by atoms with Gasteiger partial charge in [-0.2, -0.15) is 4.98 Å². The van der Waals surface area contributed by atoms with Crippen molar-refractivity contribution >= 4 is 11.8 Å². The van der Waals surface area contributed by atoms with Gasteiger partial charge in [0.1, 0.15) is 5.75 Å². The van der Waals surface area contributed by atoms with E-state index >= 15 is 0 Å². The van der Waals surface area contributed by atoms with E-state index in [0.29, 0.717) is 30.6 Å². The van der Waals surface area contributed by atoms with Gasteiger partial charge < -0.3 is 14.0 Å². The second-order valence-corrected chi connectivity index (χ2v) is 7.16. The van der Waals surface area contributed by atoms with Crippen molar-refractivity contribution in [1.29, 1.82) is 0 Å². The van der Waals surface area contributed by atoms with Crippen molar-refractivity contribution in [2.24, 2.45) is 0 Å². The number of thioether (sulfide) groups is 1. The fourth-order valence-corrected chi connectivity index (χ4v) is 3.62. The van der Waals surface area contributed by atoms with Crippen molar-refractivity contribution in [1.82, 2.24) is 29.9 Å². The third-order valence-electron chi connectivity index (χ3n) is 4.30. The number of hydrogen-bond acceptors (Lipinski definition) is 9. The van der Waals surface area contributed by atoms with Gasteiger partial charge in [-0.15, -0.1) is 10.2 Å². The van der Waals surface area contributed by atoms with Gasteiger partial charge in [-0.1, -0.05) is 29.1 Å². The number of methoxy groups -OCH3 is 2. The Bertz CT molecular complexity index is 1100. The summed E-state index contributed by atoms with van der Waals surface area (Å²) in [5.74, 6) is 2.99. The summed E-state index contributed by atoms with van der Waals surface area (Å²) in [7, 11) is 3.29. The standard InChI is InChI=1S/C20H20N6O3S/c1-27-11-10-26-19(14-6-8-21-9-7-14)23-24-20(26)30-13-17-22-18(25-29-17)15-4-3-5-16(12-15)28-2/h3-9,12H,10-11,13H2,1-2H3. The Balaban J connectivity index is 1.51. The molecule has 154 valence electrons. The zero-order chi connectivity index (χ0) is 20.8. The first kappa shape index (κ1) is 20.0. The van der Waals surface area contributed by atoms with E-state index in [-0.39, 0.29) is 0 Å². The Morgan fingerprint density at radius 2 is 1.93 bits per heavy atom. The number of ether oxygens (including phenoxy) is 2. The minimum Gasteiger partial charge on any atom is -0.497 e. The molecule has 0 aliphatic rings. The normalized spacial score (nSPS) is 11.0. The Hall–Kier alpha value is -3.24. The van der Waals surface area contributed by atoms with Crippen LogP contribution in [0.4, 0.5) is 0 Å². The van der Waals surface area contributed by atoms with Crippen molar-refractivity contribution in [3.8, 4) is 28.5 Å². The molecule has 0 unspecified atom stereocenters. The molecule has 0 N–H and O–H groups in total. The van der Waals surface area contributed by atoms with Crippen molar-refractivity contribution < 1.29 is 14.0 Å². The Kier molecular flexibility index (Phi) is 6.35. The zero-order valence-corrected chi connectivity index (χ0v) is 17.4. The van der Waals surface area contributed by atoms with Crippen molar-refractivity contribution in [2.75, 3.05) is 20.8 Å². The number of aromatic nitrogens is 6. The highest BCUT2D eigenvalue weighted by Gasteiger charge is 2.16. The molecule has 0 bridgehead atoms. The number of nitrogens with zero attached hydrogens (tertiary/aromatic N) is 6. The summed E-state index contributed by atoms with van der Waals surface area (Å²) in [4.78, 5) is 8.54. The average Bonchev–Trinajstić information content (AvgIpc) is 3.44. The molecule has 0 spiro atoms. The lowest BCUT2D eigenvalue weighted by Crippen LogP contribution is -2.07. The summed E-state index contributed by atoms with van der Waals surface area (Å²) < 4.78 is 17.9. The van der Waals surface area contributed by atoms with Gasteiger partial charge in [0.25, 0.3) is 0 Å². The molecule has 4 aromatic rings. The molecule has 3 aromatic heterocycles. The summed E-state index contributed by atoms with van der Waals surface area (Å²) >= 11 is 1.48. The van der Waals surface area contributed by atoms with Crippen LogP contribution >= 0.6 is 11.8 Å². The quantitative estimate of drug-likeness (QED) is 0.374. The van der Waals surface area contributed by atoms with Gasteiger partial charge in [0, 0.05) is 30.6 Å². The van der Waals surface area contributed by atoms with E-state index in [1.165, 1.54) is 11.8 Å². The van der Waals surface area contributed by atoms with E-state index in [2.05, 4.69) is 25.3 Å². The molecular weight excluding hydrogens is 404 g/mol. The minimum absolute atomic E-state index is 0.471. The molecule has 4 rings (SSSR count). The molecule has 30 heavy (non-hydrogen) atoms. The number of hydrogen-bond donors (Lipinski definition) is 0. The van der Waals surface area contributed by atoms with Crippen molar-refractivity contribution in [3.63, 3.8) is 0 Å². The maximum absolute atomic E-state index is 5.41. The van der Waals surface area contributed by atoms with E-state index in [4.69, 9.17) is 14.0 Å². The lowest BCUT2D eigenvalue weighted by atomic mass is 10.2. The van der Waals surface area contributed by atoms with Gasteiger partial charge in [-0.3, -0.25) is 9.55 Å². The molecule has 0 atom stereocenters. The SMILES string of the molecule is COCCn1c(SCc2nc(-c3cccc(OC)c3)no2)nnc1-c1ccncc1. The van der Waals surface area contributed by atoms with Crippen molar-refractivity contribution in [3.05, 3.63) is 54.7 Å². The maximum Gasteiger partial charge on any atom is 0.237 e. The molecule has 9 nitrogen and oxygen atoms in total. The van der Waals surface area contributed by atoms with Crippen LogP contribution in [0.15, 0.2) is 58.5 Å². The van der Waals surface area contributed by atoms with Gasteiger partial charge in [-0.25, -0.2) is 0 Å². The Labute approximate surface area is 177 Å². The molecule has 0 aliphatic heterocycles. The summed E-state index contributed by atoms with van der Waals surface area (Å²) in [5, 5.41) is 13.5. The first-order chi connectivity index (χ1) is 14.8. The maximum atomic E-state index is 5.41. The summed E-state index contributed by atoms with van der Waals surface area (Å²) in [5.41, 5.74) is 1.77. The highest BCUT2D eigenvalue weighted by Crippen LogP contribution is 2.27. The third kappa shape index (κ3) is 4.50. The minimum atomic E-state index is 0.471. The summed E-state index contributed by atoms with van der Waals surface area (Å²) in [6.45, 7) is 1.17. The van der Waals surface area contributed by atoms with Gasteiger partial charge in [0.05, 0.1) is 26.0 Å². The van der Waals surface area contributed by atoms with Gasteiger partial charge in [0.2, 0.25) is 11.7 Å². The van der Waals surface area contributed by atoms with E-state index in [0.717, 1.165) is 27.9 Å². The van der Waals surface area contributed by atoms with E-state index in [1.54, 1.807) is 26.6 Å². The van der Waals surface area contributed by atoms with E-state index < -0.39 is 0 Å². The summed E-state index contributed by atoms with van der Waals surface area (Å²) in [6, 6.07) is 11.3. The van der Waals surface area contributed by atoms with Crippen LogP contribution in [0.1, 0.15) is 5.89 Å². The van der Waals surface area contributed by atoms with E-state index in [9.17, 15) is 0 Å². The van der Waals surface area contributed by atoms with Crippen LogP contribution < -0.4 is 4.74 Å². The molecule has 0 saturated carbocycles. The first-order valence-corrected chi connectivity index (χ1v) is 10.2. The molecule has 1 aromatic carbocycles. The summed E-state index contributed by atoms with van der Waals surface area (Å²) in [6.07, 6.45) is 3.46. The predicted octanol–water partition coefficient (Wildman–Crippen LogP) is 3.34. The Morgan fingerprint density at radius 1 is 1.07 bits per heavy atom. The molecular formula is C20H20N6O3S. The van der Waals surface area contributed by atoms with Gasteiger partial charge >= 0.3 is 0 Å². The van der Waals surface area contributed by atoms with Crippen LogP contribution in [-0.2, 0) is 17.0 Å². The van der Waals surface area contributed by atoms with Crippen LogP contribution in [0.5, 0.6) is 5.75 Å².